The number of nitrogens with zero attached hydrogens (tertiary/aromatic N) is 1. The van der Waals surface area contributed by atoms with E-state index in [0.717, 1.165) is 69.0 Å². The predicted molar refractivity (Wildman–Crippen MR) is 219 cm³/mol. The summed E-state index contributed by atoms with van der Waals surface area (Å²) in [5.41, 5.74) is 1.77. The quantitative estimate of drug-likeness (QED) is 0.0276. The lowest BCUT2D eigenvalue weighted by Gasteiger charge is -2.19. The summed E-state index contributed by atoms with van der Waals surface area (Å²) in [6.07, 6.45) is 9.57. The third kappa shape index (κ3) is 16.3. The van der Waals surface area contributed by atoms with Gasteiger partial charge in [0.25, 0.3) is 0 Å². The van der Waals surface area contributed by atoms with Gasteiger partial charge in [-0.1, -0.05) is 39.2 Å². The van der Waals surface area contributed by atoms with Gasteiger partial charge in [-0.25, -0.2) is 14.4 Å². The van der Waals surface area contributed by atoms with Crippen molar-refractivity contribution in [3.05, 3.63) is 121 Å². The minimum atomic E-state index is -0.505. The van der Waals surface area contributed by atoms with E-state index in [1.165, 1.54) is 0 Å². The zero-order valence-corrected chi connectivity index (χ0v) is 33.0. The van der Waals surface area contributed by atoms with E-state index >= 15 is 0 Å². The molecule has 0 saturated carbocycles. The fraction of sp³-hybridized carbons (Fsp3) is 0.348. The third-order valence-corrected chi connectivity index (χ3v) is 8.79. The molecule has 11 nitrogen and oxygen atoms in total. The van der Waals surface area contributed by atoms with E-state index in [-0.39, 0.29) is 5.97 Å². The van der Waals surface area contributed by atoms with Crippen molar-refractivity contribution < 1.29 is 47.6 Å². The van der Waals surface area contributed by atoms with Gasteiger partial charge in [0.15, 0.2) is 0 Å². The van der Waals surface area contributed by atoms with Crippen molar-refractivity contribution in [1.29, 1.82) is 0 Å². The number of carbonyl (C=O) groups excluding carboxylic acids is 4. The number of benzene rings is 4. The summed E-state index contributed by atoms with van der Waals surface area (Å²) < 4.78 is 32.8. The monoisotopic (exact) mass is 779 g/mol. The maximum absolute atomic E-state index is 12.7. The number of hydrogen-bond donors (Lipinski definition) is 0. The molecular weight excluding hydrogens is 727 g/mol. The van der Waals surface area contributed by atoms with Crippen LogP contribution in [0.4, 0.5) is 5.69 Å². The van der Waals surface area contributed by atoms with E-state index in [2.05, 4.69) is 18.4 Å². The van der Waals surface area contributed by atoms with E-state index in [1.54, 1.807) is 84.9 Å². The van der Waals surface area contributed by atoms with Gasteiger partial charge in [0, 0.05) is 31.8 Å². The van der Waals surface area contributed by atoms with Gasteiger partial charge in [0.2, 0.25) is 0 Å². The van der Waals surface area contributed by atoms with E-state index in [0.29, 0.717) is 73.2 Å². The molecule has 0 aliphatic rings. The zero-order valence-electron chi connectivity index (χ0n) is 33.0. The second-order valence-electron chi connectivity index (χ2n) is 13.3. The normalized spacial score (nSPS) is 10.6. The van der Waals surface area contributed by atoms with Crippen LogP contribution >= 0.6 is 0 Å². The second kappa shape index (κ2) is 24.4. The first-order valence-corrected chi connectivity index (χ1v) is 19.5. The molecule has 4 aromatic rings. The van der Waals surface area contributed by atoms with Crippen LogP contribution in [-0.2, 0) is 14.3 Å². The molecule has 57 heavy (non-hydrogen) atoms. The molecule has 4 aromatic carbocycles. The summed E-state index contributed by atoms with van der Waals surface area (Å²) in [6, 6.07) is 27.4. The Morgan fingerprint density at radius 1 is 0.544 bits per heavy atom. The van der Waals surface area contributed by atoms with E-state index in [9.17, 15) is 19.2 Å². The number of rotatable bonds is 25. The van der Waals surface area contributed by atoms with Crippen LogP contribution in [0, 0.1) is 0 Å². The van der Waals surface area contributed by atoms with Gasteiger partial charge in [-0.2, -0.15) is 0 Å². The highest BCUT2D eigenvalue weighted by Gasteiger charge is 2.12. The van der Waals surface area contributed by atoms with E-state index < -0.39 is 17.9 Å². The Bertz CT molecular complexity index is 1840. The fourth-order valence-electron chi connectivity index (χ4n) is 5.50. The molecule has 0 aliphatic carbocycles. The fourth-order valence-corrected chi connectivity index (χ4v) is 5.50. The first-order valence-electron chi connectivity index (χ1n) is 19.5. The molecular formula is C46H53NO10. The predicted octanol–water partition coefficient (Wildman–Crippen LogP) is 9.57. The number of unbranched alkanes of at least 4 members (excludes halogenated alkanes) is 6. The molecule has 0 radical (unpaired) electrons. The Morgan fingerprint density at radius 3 is 1.54 bits per heavy atom. The Morgan fingerprint density at radius 2 is 1.00 bits per heavy atom. The van der Waals surface area contributed by atoms with Crippen LogP contribution in [0.25, 0.3) is 0 Å². The molecule has 11 heteroatoms. The summed E-state index contributed by atoms with van der Waals surface area (Å²) in [4.78, 5) is 50.9. The third-order valence-electron chi connectivity index (χ3n) is 8.79. The number of esters is 4. The van der Waals surface area contributed by atoms with Gasteiger partial charge >= 0.3 is 23.9 Å². The van der Waals surface area contributed by atoms with Gasteiger partial charge in [0.1, 0.15) is 28.7 Å². The van der Waals surface area contributed by atoms with Gasteiger partial charge in [0.05, 0.1) is 30.9 Å². The summed E-state index contributed by atoms with van der Waals surface area (Å²) >= 11 is 0. The minimum absolute atomic E-state index is 0.297. The van der Waals surface area contributed by atoms with Crippen LogP contribution in [-0.4, -0.2) is 57.3 Å². The van der Waals surface area contributed by atoms with Gasteiger partial charge in [-0.05, 0) is 129 Å². The molecule has 0 aliphatic heterocycles. The number of hydrogen-bond acceptors (Lipinski definition) is 11. The summed E-state index contributed by atoms with van der Waals surface area (Å²) in [7, 11) is 2.00. The van der Waals surface area contributed by atoms with Crippen molar-refractivity contribution in [3.8, 4) is 28.7 Å². The molecule has 302 valence electrons. The molecule has 0 aromatic heterocycles. The number of carbonyl (C=O) groups is 4. The molecule has 0 amide bonds. The SMILES string of the molecule is C=CC(=O)OCCCCOc1ccc(OC(=O)c2ccc(N(C)CCCCCCC(=O)Oc3ccc(C(=O)Oc4ccc(OCCCCC)cc4)cc3)cc2)cc1. The maximum Gasteiger partial charge on any atom is 0.343 e. The Labute approximate surface area is 335 Å². The van der Waals surface area contributed by atoms with Crippen molar-refractivity contribution in [2.24, 2.45) is 0 Å². The van der Waals surface area contributed by atoms with Crippen molar-refractivity contribution in [1.82, 2.24) is 0 Å². The van der Waals surface area contributed by atoms with Crippen molar-refractivity contribution in [2.45, 2.75) is 71.1 Å². The van der Waals surface area contributed by atoms with Gasteiger partial charge in [-0.15, -0.1) is 0 Å². The second-order valence-corrected chi connectivity index (χ2v) is 13.3. The van der Waals surface area contributed by atoms with Crippen LogP contribution in [0.5, 0.6) is 28.7 Å². The van der Waals surface area contributed by atoms with Crippen LogP contribution in [0.3, 0.4) is 0 Å². The van der Waals surface area contributed by atoms with E-state index in [1.807, 2.05) is 19.2 Å². The van der Waals surface area contributed by atoms with Crippen molar-refractivity contribution >= 4 is 29.6 Å². The highest BCUT2D eigenvalue weighted by molar-refractivity contribution is 5.92. The molecule has 0 N–H and O–H groups in total. The smallest absolute Gasteiger partial charge is 0.343 e. The molecule has 0 bridgehead atoms. The summed E-state index contributed by atoms with van der Waals surface area (Å²) in [5.74, 6) is 0.865. The van der Waals surface area contributed by atoms with Gasteiger partial charge < -0.3 is 33.3 Å². The zero-order chi connectivity index (χ0) is 40.7. The highest BCUT2D eigenvalue weighted by Crippen LogP contribution is 2.22. The number of anilines is 1. The topological polar surface area (TPSA) is 127 Å². The van der Waals surface area contributed by atoms with Crippen molar-refractivity contribution in [3.63, 3.8) is 0 Å². The van der Waals surface area contributed by atoms with Crippen LogP contribution in [0.1, 0.15) is 91.8 Å². The molecule has 0 atom stereocenters. The van der Waals surface area contributed by atoms with Crippen LogP contribution < -0.4 is 28.6 Å². The van der Waals surface area contributed by atoms with E-state index in [4.69, 9.17) is 28.4 Å². The minimum Gasteiger partial charge on any atom is -0.494 e. The molecule has 0 unspecified atom stereocenters. The lowest BCUT2D eigenvalue weighted by atomic mass is 10.1. The summed E-state index contributed by atoms with van der Waals surface area (Å²) in [5, 5.41) is 0. The first-order chi connectivity index (χ1) is 27.7. The van der Waals surface area contributed by atoms with Gasteiger partial charge in [-0.3, -0.25) is 4.79 Å². The Hall–Kier alpha value is -6.10. The maximum atomic E-state index is 12.7. The van der Waals surface area contributed by atoms with Crippen LogP contribution in [0.15, 0.2) is 110 Å². The molecule has 0 saturated heterocycles. The lowest BCUT2D eigenvalue weighted by molar-refractivity contribution is -0.138. The standard InChI is InChI=1S/C46H53NO10/c1-4-6-11-32-52-38-23-27-42(28-24-38)57-46(51)36-17-21-40(22-18-36)55-44(49)14-9-7-8-10-31-47(3)37-19-15-35(16-20-37)45(50)56-41-29-25-39(26-30-41)53-33-12-13-34-54-43(48)5-2/h5,15-30H,2,4,6-14,31-34H2,1,3H3. The molecule has 0 spiro atoms. The molecule has 4 rings (SSSR count). The first kappa shape index (κ1) is 43.6. The largest absolute Gasteiger partial charge is 0.494 e. The van der Waals surface area contributed by atoms with Crippen molar-refractivity contribution in [2.75, 3.05) is 38.3 Å². The highest BCUT2D eigenvalue weighted by atomic mass is 16.5. The average Bonchev–Trinajstić information content (AvgIpc) is 3.23. The molecule has 0 fully saturated rings. The lowest BCUT2D eigenvalue weighted by Crippen LogP contribution is -2.18. The van der Waals surface area contributed by atoms with Crippen LogP contribution in [0.2, 0.25) is 0 Å². The Balaban J connectivity index is 1.06. The molecule has 0 heterocycles. The number of ether oxygens (including phenoxy) is 6. The Kier molecular flexibility index (Phi) is 18.7. The summed E-state index contributed by atoms with van der Waals surface area (Å²) in [6.45, 7) is 7.76. The average molecular weight is 780 g/mol.